The van der Waals surface area contributed by atoms with E-state index in [1.165, 1.54) is 19.3 Å². The summed E-state index contributed by atoms with van der Waals surface area (Å²) in [6.45, 7) is 2.32. The number of fused-ring (bicyclic) bond motifs is 1. The van der Waals surface area contributed by atoms with Gasteiger partial charge in [0.25, 0.3) is 0 Å². The Hall–Kier alpha value is 0.177. The van der Waals surface area contributed by atoms with Crippen LogP contribution in [-0.4, -0.2) is 23.2 Å². The second kappa shape index (κ2) is 2.43. The summed E-state index contributed by atoms with van der Waals surface area (Å²) in [5.41, 5.74) is 0. The number of ether oxygens (including phenoxy) is 1. The average molecular weight is 144 g/mol. The topological polar surface area (TPSA) is 12.5 Å². The van der Waals surface area contributed by atoms with E-state index >= 15 is 0 Å². The van der Waals surface area contributed by atoms with Crippen molar-refractivity contribution in [1.82, 2.24) is 0 Å². The van der Waals surface area contributed by atoms with E-state index in [0.29, 0.717) is 12.2 Å². The van der Waals surface area contributed by atoms with E-state index in [0.717, 1.165) is 5.92 Å². The maximum absolute atomic E-state index is 5.35. The van der Waals surface area contributed by atoms with E-state index in [4.69, 9.17) is 4.74 Å². The molecule has 9 heavy (non-hydrogen) atoms. The summed E-state index contributed by atoms with van der Waals surface area (Å²) in [6.07, 6.45) is 5.41. The van der Waals surface area contributed by atoms with Gasteiger partial charge in [-0.3, -0.25) is 0 Å². The highest BCUT2D eigenvalue weighted by Gasteiger charge is 2.42. The molecule has 0 radical (unpaired) electrons. The molecule has 54 valence electrons. The zero-order valence-electron chi connectivity index (χ0n) is 5.26. The molecule has 2 heteroatoms. The number of hydrogen-bond acceptors (Lipinski definition) is 1. The van der Waals surface area contributed by atoms with Gasteiger partial charge in [-0.25, -0.2) is 0 Å². The van der Waals surface area contributed by atoms with Crippen LogP contribution < -0.4 is 0 Å². The molecular formula is C7H16OSi. The molecule has 1 heterocycles. The third-order valence-electron chi connectivity index (χ3n) is 2.27. The summed E-state index contributed by atoms with van der Waals surface area (Å²) in [5.74, 6) is 0.929. The van der Waals surface area contributed by atoms with Crippen LogP contribution in [-0.2, 0) is 4.74 Å². The fourth-order valence-corrected chi connectivity index (χ4v) is 1.60. The molecule has 0 aromatic carbocycles. The van der Waals surface area contributed by atoms with Crippen LogP contribution >= 0.6 is 0 Å². The lowest BCUT2D eigenvalue weighted by atomic mass is 9.91. The lowest BCUT2D eigenvalue weighted by Crippen LogP contribution is -2.09. The quantitative estimate of drug-likeness (QED) is 0.347. The lowest BCUT2D eigenvalue weighted by Gasteiger charge is -2.11. The van der Waals surface area contributed by atoms with Crippen molar-refractivity contribution in [3.8, 4) is 0 Å². The summed E-state index contributed by atoms with van der Waals surface area (Å²) in [4.78, 5) is 0. The van der Waals surface area contributed by atoms with E-state index in [2.05, 4.69) is 6.92 Å². The molecule has 0 aromatic rings. The molecule has 0 aromatic heterocycles. The number of hydrogen-bond donors (Lipinski definition) is 0. The van der Waals surface area contributed by atoms with Crippen molar-refractivity contribution >= 4 is 11.0 Å². The normalized spacial score (nSPS) is 47.0. The largest absolute Gasteiger partial charge is 0.370 e. The summed E-state index contributed by atoms with van der Waals surface area (Å²) in [6, 6.07) is 0. The van der Waals surface area contributed by atoms with E-state index < -0.39 is 0 Å². The molecule has 2 fully saturated rings. The van der Waals surface area contributed by atoms with Crippen LogP contribution in [0.1, 0.15) is 26.2 Å². The Kier molecular flexibility index (Phi) is 1.96. The fourth-order valence-electron chi connectivity index (χ4n) is 1.60. The minimum atomic E-state index is 0. The standard InChI is InChI=1S/C7H12O.H4Si/c1-5-2-3-6-7(4-5)8-6;/h5-7H,2-4H2,1H3;1H4. The van der Waals surface area contributed by atoms with Crippen molar-refractivity contribution < 1.29 is 4.74 Å². The fraction of sp³-hybridized carbons (Fsp3) is 1.00. The molecule has 0 bridgehead atoms. The van der Waals surface area contributed by atoms with Gasteiger partial charge in [-0.05, 0) is 36.1 Å². The van der Waals surface area contributed by atoms with Crippen LogP contribution in [0.25, 0.3) is 0 Å². The van der Waals surface area contributed by atoms with Gasteiger partial charge < -0.3 is 4.74 Å². The molecule has 0 N–H and O–H groups in total. The van der Waals surface area contributed by atoms with Gasteiger partial charge in [0.2, 0.25) is 0 Å². The van der Waals surface area contributed by atoms with E-state index in [9.17, 15) is 0 Å². The van der Waals surface area contributed by atoms with Gasteiger partial charge in [-0.1, -0.05) is 6.92 Å². The molecular weight excluding hydrogens is 128 g/mol. The van der Waals surface area contributed by atoms with Gasteiger partial charge in [0.05, 0.1) is 12.2 Å². The van der Waals surface area contributed by atoms with Crippen molar-refractivity contribution in [2.75, 3.05) is 0 Å². The summed E-state index contributed by atoms with van der Waals surface area (Å²) in [5, 5.41) is 0. The summed E-state index contributed by atoms with van der Waals surface area (Å²) >= 11 is 0. The van der Waals surface area contributed by atoms with Gasteiger partial charge in [0.1, 0.15) is 0 Å². The second-order valence-corrected chi connectivity index (χ2v) is 3.13. The molecule has 1 aliphatic carbocycles. The summed E-state index contributed by atoms with van der Waals surface area (Å²) in [7, 11) is 0. The Balaban J connectivity index is 0.000000405. The van der Waals surface area contributed by atoms with Crippen LogP contribution in [0.15, 0.2) is 0 Å². The highest BCUT2D eigenvalue weighted by Crippen LogP contribution is 2.38. The molecule has 3 atom stereocenters. The summed E-state index contributed by atoms with van der Waals surface area (Å²) < 4.78 is 5.35. The SMILES string of the molecule is CC1CCC2OC2C1.[SiH4]. The average Bonchev–Trinajstić information content (AvgIpc) is 2.43. The molecule has 2 aliphatic rings. The van der Waals surface area contributed by atoms with Gasteiger partial charge in [-0.2, -0.15) is 0 Å². The molecule has 1 aliphatic heterocycles. The predicted octanol–water partition coefficient (Wildman–Crippen LogP) is 0.122. The van der Waals surface area contributed by atoms with Crippen molar-refractivity contribution in [3.63, 3.8) is 0 Å². The van der Waals surface area contributed by atoms with E-state index in [1.54, 1.807) is 0 Å². The van der Waals surface area contributed by atoms with Crippen LogP contribution in [0.5, 0.6) is 0 Å². The van der Waals surface area contributed by atoms with Gasteiger partial charge in [0.15, 0.2) is 0 Å². The Morgan fingerprint density at radius 2 is 2.00 bits per heavy atom. The molecule has 3 unspecified atom stereocenters. The molecule has 2 rings (SSSR count). The van der Waals surface area contributed by atoms with E-state index in [1.807, 2.05) is 0 Å². The second-order valence-electron chi connectivity index (χ2n) is 3.13. The highest BCUT2D eigenvalue weighted by molar-refractivity contribution is 5.75. The van der Waals surface area contributed by atoms with Crippen molar-refractivity contribution in [2.45, 2.75) is 38.4 Å². The van der Waals surface area contributed by atoms with Crippen molar-refractivity contribution in [1.29, 1.82) is 0 Å². The van der Waals surface area contributed by atoms with Crippen molar-refractivity contribution in [2.24, 2.45) is 5.92 Å². The zero-order valence-corrected chi connectivity index (χ0v) is 5.26. The first-order valence-electron chi connectivity index (χ1n) is 3.52. The van der Waals surface area contributed by atoms with Crippen LogP contribution in [0, 0.1) is 5.92 Å². The molecule has 0 amide bonds. The lowest BCUT2D eigenvalue weighted by molar-refractivity contribution is 0.367. The zero-order chi connectivity index (χ0) is 5.56. The third kappa shape index (κ3) is 1.35. The first kappa shape index (κ1) is 7.29. The molecule has 1 saturated carbocycles. The smallest absolute Gasteiger partial charge is 0.0844 e. The van der Waals surface area contributed by atoms with Gasteiger partial charge >= 0.3 is 0 Å². The highest BCUT2D eigenvalue weighted by atomic mass is 28.1. The third-order valence-corrected chi connectivity index (χ3v) is 2.27. The monoisotopic (exact) mass is 144 g/mol. The Bertz CT molecular complexity index is 105. The predicted molar refractivity (Wildman–Crippen MR) is 43.0 cm³/mol. The van der Waals surface area contributed by atoms with E-state index in [-0.39, 0.29) is 11.0 Å². The molecule has 0 spiro atoms. The Morgan fingerprint density at radius 1 is 1.22 bits per heavy atom. The van der Waals surface area contributed by atoms with Gasteiger partial charge in [0, 0.05) is 0 Å². The molecule has 1 saturated heterocycles. The number of rotatable bonds is 0. The van der Waals surface area contributed by atoms with Crippen molar-refractivity contribution in [3.05, 3.63) is 0 Å². The van der Waals surface area contributed by atoms with Crippen LogP contribution in [0.4, 0.5) is 0 Å². The first-order chi connectivity index (χ1) is 3.86. The Morgan fingerprint density at radius 3 is 2.56 bits per heavy atom. The van der Waals surface area contributed by atoms with Crippen LogP contribution in [0.2, 0.25) is 0 Å². The maximum atomic E-state index is 5.35. The minimum absolute atomic E-state index is 0. The Labute approximate surface area is 60.8 Å². The van der Waals surface area contributed by atoms with Gasteiger partial charge in [-0.15, -0.1) is 0 Å². The van der Waals surface area contributed by atoms with Crippen LogP contribution in [0.3, 0.4) is 0 Å². The maximum Gasteiger partial charge on any atom is 0.0844 e. The minimum Gasteiger partial charge on any atom is -0.370 e. The first-order valence-corrected chi connectivity index (χ1v) is 3.52. The molecule has 1 nitrogen and oxygen atoms in total. The number of epoxide rings is 1.